The number of carbonyl (C=O) groups is 1. The molecule has 0 saturated heterocycles. The van der Waals surface area contributed by atoms with Crippen LogP contribution in [0.5, 0.6) is 0 Å². The Bertz CT molecular complexity index is 463. The van der Waals surface area contributed by atoms with E-state index in [0.717, 1.165) is 11.4 Å². The number of nitrogens with zero attached hydrogens (tertiary/aromatic N) is 1. The summed E-state index contributed by atoms with van der Waals surface area (Å²) in [6.07, 6.45) is 0. The number of nitrogen functional groups attached to an aromatic ring is 1. The molecule has 0 saturated carbocycles. The second-order valence-corrected chi connectivity index (χ2v) is 4.50. The van der Waals surface area contributed by atoms with Crippen molar-refractivity contribution in [3.8, 4) is 0 Å². The van der Waals surface area contributed by atoms with Gasteiger partial charge in [0.2, 0.25) is 0 Å². The van der Waals surface area contributed by atoms with Gasteiger partial charge in [-0.1, -0.05) is 13.2 Å². The monoisotopic (exact) mass is 259 g/mol. The highest BCUT2D eigenvalue weighted by Gasteiger charge is 2.07. The number of benzene rings is 1. The Labute approximate surface area is 114 Å². The highest BCUT2D eigenvalue weighted by atomic mass is 16.1. The van der Waals surface area contributed by atoms with Gasteiger partial charge in [-0.2, -0.15) is 0 Å². The topological polar surface area (TPSA) is 58.4 Å². The fourth-order valence-corrected chi connectivity index (χ4v) is 1.73. The Morgan fingerprint density at radius 1 is 1.21 bits per heavy atom. The molecule has 0 aliphatic rings. The van der Waals surface area contributed by atoms with Gasteiger partial charge in [0.25, 0.3) is 5.91 Å². The van der Waals surface area contributed by atoms with Gasteiger partial charge in [0.1, 0.15) is 0 Å². The maximum atomic E-state index is 11.9. The van der Waals surface area contributed by atoms with Crippen molar-refractivity contribution in [3.63, 3.8) is 0 Å². The maximum Gasteiger partial charge on any atom is 0.251 e. The fraction of sp³-hybridized carbons (Fsp3) is 0.267. The quantitative estimate of drug-likeness (QED) is 0.771. The summed E-state index contributed by atoms with van der Waals surface area (Å²) < 4.78 is 0. The molecule has 0 bridgehead atoms. The Morgan fingerprint density at radius 2 is 1.74 bits per heavy atom. The molecule has 3 N–H and O–H groups in total. The average molecular weight is 259 g/mol. The number of hydrogen-bond acceptors (Lipinski definition) is 3. The van der Waals surface area contributed by atoms with E-state index in [-0.39, 0.29) is 5.91 Å². The molecule has 102 valence electrons. The van der Waals surface area contributed by atoms with Crippen LogP contribution in [-0.4, -0.2) is 23.9 Å². The van der Waals surface area contributed by atoms with E-state index in [9.17, 15) is 4.79 Å². The van der Waals surface area contributed by atoms with Gasteiger partial charge < -0.3 is 16.0 Å². The molecule has 0 heterocycles. The Balaban J connectivity index is 2.48. The molecule has 1 amide bonds. The molecular formula is C15H21N3O. The van der Waals surface area contributed by atoms with Crippen molar-refractivity contribution in [2.45, 2.75) is 13.8 Å². The van der Waals surface area contributed by atoms with Crippen LogP contribution in [0.2, 0.25) is 0 Å². The van der Waals surface area contributed by atoms with Crippen LogP contribution in [0.4, 0.5) is 5.69 Å². The van der Waals surface area contributed by atoms with Crippen LogP contribution in [0, 0.1) is 0 Å². The summed E-state index contributed by atoms with van der Waals surface area (Å²) in [5.41, 5.74) is 8.65. The van der Waals surface area contributed by atoms with Crippen molar-refractivity contribution in [1.82, 2.24) is 10.2 Å². The summed E-state index contributed by atoms with van der Waals surface area (Å²) in [5.74, 6) is -0.108. The molecular weight excluding hydrogens is 238 g/mol. The van der Waals surface area contributed by atoms with Crippen LogP contribution in [0.3, 0.4) is 0 Å². The molecule has 0 aliphatic carbocycles. The van der Waals surface area contributed by atoms with E-state index in [4.69, 9.17) is 5.73 Å². The lowest BCUT2D eigenvalue weighted by Crippen LogP contribution is -2.33. The highest BCUT2D eigenvalue weighted by molar-refractivity contribution is 5.94. The summed E-state index contributed by atoms with van der Waals surface area (Å²) in [6.45, 7) is 12.8. The van der Waals surface area contributed by atoms with Crippen LogP contribution >= 0.6 is 0 Å². The van der Waals surface area contributed by atoms with Crippen LogP contribution in [0.1, 0.15) is 24.2 Å². The van der Waals surface area contributed by atoms with Crippen LogP contribution in [-0.2, 0) is 0 Å². The van der Waals surface area contributed by atoms with Gasteiger partial charge in [0, 0.05) is 35.7 Å². The highest BCUT2D eigenvalue weighted by Crippen LogP contribution is 2.08. The number of hydrogen-bond donors (Lipinski definition) is 2. The molecule has 0 aliphatic heterocycles. The minimum Gasteiger partial charge on any atom is -0.399 e. The number of anilines is 1. The second-order valence-electron chi connectivity index (χ2n) is 4.50. The minimum atomic E-state index is -0.108. The first-order chi connectivity index (χ1) is 8.91. The second kappa shape index (κ2) is 6.64. The van der Waals surface area contributed by atoms with Crippen LogP contribution < -0.4 is 11.1 Å². The maximum absolute atomic E-state index is 11.9. The number of nitrogens with one attached hydrogen (secondary N) is 1. The number of rotatable bonds is 6. The first-order valence-electron chi connectivity index (χ1n) is 6.14. The zero-order chi connectivity index (χ0) is 14.4. The number of carbonyl (C=O) groups excluding carboxylic acids is 1. The zero-order valence-electron chi connectivity index (χ0n) is 11.6. The van der Waals surface area contributed by atoms with Gasteiger partial charge in [0.05, 0.1) is 0 Å². The average Bonchev–Trinajstić information content (AvgIpc) is 2.34. The lowest BCUT2D eigenvalue weighted by Gasteiger charge is -2.24. The third-order valence-electron chi connectivity index (χ3n) is 2.72. The molecule has 4 heteroatoms. The number of allylic oxidation sites excluding steroid dienone is 2. The molecule has 0 spiro atoms. The van der Waals surface area contributed by atoms with Gasteiger partial charge in [-0.25, -0.2) is 0 Å². The summed E-state index contributed by atoms with van der Waals surface area (Å²) in [4.78, 5) is 13.8. The third-order valence-corrected chi connectivity index (χ3v) is 2.72. The van der Waals surface area contributed by atoms with Gasteiger partial charge in [-0.15, -0.1) is 0 Å². The Hall–Kier alpha value is -2.23. The summed E-state index contributed by atoms with van der Waals surface area (Å²) >= 11 is 0. The lowest BCUT2D eigenvalue weighted by molar-refractivity contribution is 0.0951. The molecule has 1 aromatic carbocycles. The lowest BCUT2D eigenvalue weighted by atomic mass is 10.2. The van der Waals surface area contributed by atoms with Crippen LogP contribution in [0.15, 0.2) is 48.8 Å². The van der Waals surface area contributed by atoms with Crippen LogP contribution in [0.25, 0.3) is 0 Å². The molecule has 1 aromatic rings. The van der Waals surface area contributed by atoms with Gasteiger partial charge >= 0.3 is 0 Å². The Morgan fingerprint density at radius 3 is 2.21 bits per heavy atom. The van der Waals surface area contributed by atoms with Crippen molar-refractivity contribution in [1.29, 1.82) is 0 Å². The van der Waals surface area contributed by atoms with Gasteiger partial charge in [-0.3, -0.25) is 4.79 Å². The largest absolute Gasteiger partial charge is 0.399 e. The first kappa shape index (κ1) is 14.8. The van der Waals surface area contributed by atoms with Crippen molar-refractivity contribution >= 4 is 11.6 Å². The van der Waals surface area contributed by atoms with E-state index in [2.05, 4.69) is 18.5 Å². The summed E-state index contributed by atoms with van der Waals surface area (Å²) in [7, 11) is 0. The van der Waals surface area contributed by atoms with Crippen molar-refractivity contribution in [2.24, 2.45) is 0 Å². The van der Waals surface area contributed by atoms with Crippen molar-refractivity contribution < 1.29 is 4.79 Å². The SMILES string of the molecule is C=C(C)N(CCNC(=O)c1ccc(N)cc1)C(=C)C. The first-order valence-corrected chi connectivity index (χ1v) is 6.14. The van der Waals surface area contributed by atoms with Crippen molar-refractivity contribution in [2.75, 3.05) is 18.8 Å². The molecule has 4 nitrogen and oxygen atoms in total. The number of nitrogens with two attached hydrogens (primary N) is 1. The Kier molecular flexibility index (Phi) is 5.18. The van der Waals surface area contributed by atoms with E-state index in [0.29, 0.717) is 24.3 Å². The zero-order valence-corrected chi connectivity index (χ0v) is 11.6. The third kappa shape index (κ3) is 4.50. The van der Waals surface area contributed by atoms with E-state index < -0.39 is 0 Å². The fourth-order valence-electron chi connectivity index (χ4n) is 1.73. The predicted octanol–water partition coefficient (Wildman–Crippen LogP) is 2.37. The van der Waals surface area contributed by atoms with Gasteiger partial charge in [0.15, 0.2) is 0 Å². The minimum absolute atomic E-state index is 0.108. The van der Waals surface area contributed by atoms with Crippen molar-refractivity contribution in [3.05, 3.63) is 54.4 Å². The van der Waals surface area contributed by atoms with E-state index in [1.165, 1.54) is 0 Å². The molecule has 0 fully saturated rings. The van der Waals surface area contributed by atoms with E-state index >= 15 is 0 Å². The van der Waals surface area contributed by atoms with Gasteiger partial charge in [-0.05, 0) is 38.1 Å². The normalized spacial score (nSPS) is 9.79. The molecule has 0 radical (unpaired) electrons. The predicted molar refractivity (Wildman–Crippen MR) is 79.5 cm³/mol. The number of amides is 1. The van der Waals surface area contributed by atoms with E-state index in [1.54, 1.807) is 24.3 Å². The smallest absolute Gasteiger partial charge is 0.251 e. The molecule has 0 aromatic heterocycles. The molecule has 19 heavy (non-hydrogen) atoms. The molecule has 1 rings (SSSR count). The molecule has 0 unspecified atom stereocenters. The summed E-state index contributed by atoms with van der Waals surface area (Å²) in [5, 5.41) is 2.85. The summed E-state index contributed by atoms with van der Waals surface area (Å²) in [6, 6.07) is 6.84. The standard InChI is InChI=1S/C15H21N3O/c1-11(2)18(12(3)4)10-9-17-15(19)13-5-7-14(16)8-6-13/h5-8H,1,3,9-10,16H2,2,4H3,(H,17,19). The van der Waals surface area contributed by atoms with E-state index in [1.807, 2.05) is 18.7 Å². The molecule has 0 atom stereocenters.